The maximum Gasteiger partial charge on any atom is 0.422 e. The average Bonchev–Trinajstić information content (AvgIpc) is 2.32. The molecule has 0 saturated heterocycles. The first-order valence-corrected chi connectivity index (χ1v) is 6.00. The fraction of sp³-hybridized carbons (Fsp3) is 0.333. The van der Waals surface area contributed by atoms with Crippen LogP contribution in [0.2, 0.25) is 5.02 Å². The number of hydrogen-bond donors (Lipinski definition) is 3. The van der Waals surface area contributed by atoms with Crippen LogP contribution in [-0.2, 0) is 4.79 Å². The van der Waals surface area contributed by atoms with Crippen LogP contribution in [0.5, 0.6) is 0 Å². The maximum atomic E-state index is 12.8. The van der Waals surface area contributed by atoms with Crippen LogP contribution in [0.25, 0.3) is 0 Å². The Balaban J connectivity index is 2.95. The van der Waals surface area contributed by atoms with Crippen LogP contribution in [0, 0.1) is 6.92 Å². The van der Waals surface area contributed by atoms with Gasteiger partial charge in [-0.15, -0.1) is 0 Å². The largest absolute Gasteiger partial charge is 0.479 e. The summed E-state index contributed by atoms with van der Waals surface area (Å²) in [5.41, 5.74) is -2.67. The summed E-state index contributed by atoms with van der Waals surface area (Å²) in [6.07, 6.45) is -5.15. The van der Waals surface area contributed by atoms with Crippen molar-refractivity contribution in [2.24, 2.45) is 0 Å². The molecule has 3 N–H and O–H groups in total. The van der Waals surface area contributed by atoms with Crippen molar-refractivity contribution >= 4 is 29.3 Å². The van der Waals surface area contributed by atoms with Gasteiger partial charge in [-0.1, -0.05) is 17.7 Å². The van der Waals surface area contributed by atoms with Gasteiger partial charge >= 0.3 is 18.2 Å². The molecule has 0 fully saturated rings. The summed E-state index contributed by atoms with van der Waals surface area (Å²) >= 11 is 5.71. The number of amides is 2. The van der Waals surface area contributed by atoms with E-state index in [1.807, 2.05) is 0 Å². The molecule has 1 unspecified atom stereocenters. The standard InChI is InChI=1S/C12H12ClF3N2O3/c1-6-3-4-7(13)5-8(6)17-10(21)18-11(2,9(19)20)12(14,15)16/h3-5H,1-2H3,(H,19,20)(H2,17,18,21). The molecular weight excluding hydrogens is 313 g/mol. The van der Waals surface area contributed by atoms with E-state index in [1.54, 1.807) is 13.0 Å². The van der Waals surface area contributed by atoms with Crippen molar-refractivity contribution in [2.45, 2.75) is 25.6 Å². The number of carbonyl (C=O) groups excluding carboxylic acids is 1. The first-order chi connectivity index (χ1) is 9.47. The SMILES string of the molecule is Cc1ccc(Cl)cc1NC(=O)NC(C)(C(=O)O)C(F)(F)F. The third kappa shape index (κ3) is 3.78. The van der Waals surface area contributed by atoms with Crippen LogP contribution in [0.1, 0.15) is 12.5 Å². The van der Waals surface area contributed by atoms with Gasteiger partial charge in [0.2, 0.25) is 5.54 Å². The number of benzene rings is 1. The van der Waals surface area contributed by atoms with Gasteiger partial charge in [0.15, 0.2) is 0 Å². The lowest BCUT2D eigenvalue weighted by molar-refractivity contribution is -0.203. The maximum absolute atomic E-state index is 12.8. The number of anilines is 1. The topological polar surface area (TPSA) is 78.4 Å². The van der Waals surface area contributed by atoms with Crippen LogP contribution in [0.15, 0.2) is 18.2 Å². The molecule has 116 valence electrons. The summed E-state index contributed by atoms with van der Waals surface area (Å²) in [6.45, 7) is 1.96. The Morgan fingerprint density at radius 2 is 1.86 bits per heavy atom. The Labute approximate surface area is 123 Å². The van der Waals surface area contributed by atoms with Crippen LogP contribution >= 0.6 is 11.6 Å². The average molecular weight is 325 g/mol. The minimum absolute atomic E-state index is 0.176. The number of carboxylic acids is 1. The highest BCUT2D eigenvalue weighted by Crippen LogP contribution is 2.30. The fourth-order valence-electron chi connectivity index (χ4n) is 1.36. The molecule has 0 saturated carbocycles. The highest BCUT2D eigenvalue weighted by atomic mass is 35.5. The summed E-state index contributed by atoms with van der Waals surface area (Å²) in [7, 11) is 0. The van der Waals surface area contributed by atoms with E-state index in [2.05, 4.69) is 5.32 Å². The van der Waals surface area contributed by atoms with Crippen LogP contribution in [-0.4, -0.2) is 28.8 Å². The van der Waals surface area contributed by atoms with E-state index in [9.17, 15) is 22.8 Å². The van der Waals surface area contributed by atoms with Gasteiger partial charge in [-0.3, -0.25) is 0 Å². The second-order valence-electron chi connectivity index (χ2n) is 4.47. The highest BCUT2D eigenvalue weighted by molar-refractivity contribution is 6.31. The molecule has 0 spiro atoms. The molecule has 0 radical (unpaired) electrons. The van der Waals surface area contributed by atoms with E-state index in [0.717, 1.165) is 0 Å². The lowest BCUT2D eigenvalue weighted by atomic mass is 10.0. The van der Waals surface area contributed by atoms with Crippen molar-refractivity contribution < 1.29 is 27.9 Å². The van der Waals surface area contributed by atoms with Gasteiger partial charge < -0.3 is 15.7 Å². The Kier molecular flexibility index (Phi) is 4.72. The van der Waals surface area contributed by atoms with Gasteiger partial charge in [0.05, 0.1) is 0 Å². The molecule has 0 bridgehead atoms. The summed E-state index contributed by atoms with van der Waals surface area (Å²) in [5.74, 6) is -2.21. The zero-order valence-corrected chi connectivity index (χ0v) is 11.8. The van der Waals surface area contributed by atoms with Gasteiger partial charge in [-0.05, 0) is 31.5 Å². The van der Waals surface area contributed by atoms with E-state index >= 15 is 0 Å². The second kappa shape index (κ2) is 5.80. The molecule has 1 atom stereocenters. The molecule has 0 aliphatic heterocycles. The number of carbonyl (C=O) groups is 2. The van der Waals surface area contributed by atoms with E-state index in [-0.39, 0.29) is 10.7 Å². The smallest absolute Gasteiger partial charge is 0.422 e. The number of aryl methyl sites for hydroxylation is 1. The summed E-state index contributed by atoms with van der Waals surface area (Å²) in [6, 6.07) is 3.12. The van der Waals surface area contributed by atoms with Gasteiger partial charge in [0, 0.05) is 10.7 Å². The highest BCUT2D eigenvalue weighted by Gasteiger charge is 2.58. The number of nitrogens with one attached hydrogen (secondary N) is 2. The molecule has 5 nitrogen and oxygen atoms in total. The summed E-state index contributed by atoms with van der Waals surface area (Å²) in [5, 5.41) is 12.5. The number of rotatable bonds is 3. The Bertz CT molecular complexity index is 577. The number of alkyl halides is 3. The normalized spacial score (nSPS) is 14.2. The molecule has 0 aliphatic rings. The molecule has 9 heteroatoms. The fourth-order valence-corrected chi connectivity index (χ4v) is 1.53. The zero-order valence-electron chi connectivity index (χ0n) is 11.0. The second-order valence-corrected chi connectivity index (χ2v) is 4.90. The number of carboxylic acid groups (broad SMARTS) is 1. The predicted octanol–water partition coefficient (Wildman–Crippen LogP) is 3.18. The van der Waals surface area contributed by atoms with Crippen molar-refractivity contribution in [1.82, 2.24) is 5.32 Å². The van der Waals surface area contributed by atoms with Crippen LogP contribution in [0.4, 0.5) is 23.7 Å². The van der Waals surface area contributed by atoms with Crippen LogP contribution in [0.3, 0.4) is 0 Å². The zero-order chi connectivity index (χ0) is 16.4. The first kappa shape index (κ1) is 17.1. The predicted molar refractivity (Wildman–Crippen MR) is 70.4 cm³/mol. The van der Waals surface area contributed by atoms with Crippen molar-refractivity contribution in [3.05, 3.63) is 28.8 Å². The summed E-state index contributed by atoms with van der Waals surface area (Å²) < 4.78 is 38.3. The molecule has 0 heterocycles. The van der Waals surface area contributed by atoms with E-state index < -0.39 is 23.7 Å². The Morgan fingerprint density at radius 3 is 2.33 bits per heavy atom. The van der Waals surface area contributed by atoms with Crippen molar-refractivity contribution in [3.63, 3.8) is 0 Å². The minimum atomic E-state index is -5.15. The molecule has 1 aromatic rings. The van der Waals surface area contributed by atoms with Crippen LogP contribution < -0.4 is 10.6 Å². The van der Waals surface area contributed by atoms with Crippen molar-refractivity contribution in [3.8, 4) is 0 Å². The monoisotopic (exact) mass is 324 g/mol. The molecule has 1 rings (SSSR count). The molecule has 21 heavy (non-hydrogen) atoms. The first-order valence-electron chi connectivity index (χ1n) is 5.63. The van der Waals surface area contributed by atoms with E-state index in [4.69, 9.17) is 16.7 Å². The lowest BCUT2D eigenvalue weighted by Crippen LogP contribution is -2.62. The molecular formula is C12H12ClF3N2O3. The third-order valence-corrected chi connectivity index (χ3v) is 3.04. The quantitative estimate of drug-likeness (QED) is 0.799. The number of halogens is 4. The van der Waals surface area contributed by atoms with E-state index in [1.165, 1.54) is 17.4 Å². The number of hydrogen-bond acceptors (Lipinski definition) is 2. The molecule has 0 aromatic heterocycles. The van der Waals surface area contributed by atoms with Gasteiger partial charge in [0.1, 0.15) is 0 Å². The third-order valence-electron chi connectivity index (χ3n) is 2.81. The van der Waals surface area contributed by atoms with Gasteiger partial charge in [-0.25, -0.2) is 9.59 Å². The van der Waals surface area contributed by atoms with Crippen molar-refractivity contribution in [2.75, 3.05) is 5.32 Å². The minimum Gasteiger partial charge on any atom is -0.479 e. The molecule has 1 aromatic carbocycles. The summed E-state index contributed by atoms with van der Waals surface area (Å²) in [4.78, 5) is 22.4. The number of aliphatic carboxylic acids is 1. The van der Waals surface area contributed by atoms with Gasteiger partial charge in [0.25, 0.3) is 0 Å². The Hall–Kier alpha value is -1.96. The van der Waals surface area contributed by atoms with Gasteiger partial charge in [-0.2, -0.15) is 13.2 Å². The molecule has 0 aliphatic carbocycles. The molecule has 2 amide bonds. The van der Waals surface area contributed by atoms with Crippen molar-refractivity contribution in [1.29, 1.82) is 0 Å². The lowest BCUT2D eigenvalue weighted by Gasteiger charge is -2.28. The Morgan fingerprint density at radius 1 is 1.29 bits per heavy atom. The number of urea groups is 1. The van der Waals surface area contributed by atoms with E-state index in [0.29, 0.717) is 12.5 Å².